The fourth-order valence-electron chi connectivity index (χ4n) is 4.48. The number of aryl methyl sites for hydroxylation is 1. The fourth-order valence-corrected chi connectivity index (χ4v) is 5.47. The third kappa shape index (κ3) is 5.79. The Morgan fingerprint density at radius 2 is 1.75 bits per heavy atom. The second-order valence-corrected chi connectivity index (χ2v) is 10.8. The number of esters is 1. The number of nitrogens with zero attached hydrogens (tertiary/aromatic N) is 2. The number of aromatic nitrogens is 1. The van der Waals surface area contributed by atoms with E-state index in [1.165, 1.54) is 4.90 Å². The molecule has 210 valence electrons. The number of benzene rings is 2. The van der Waals surface area contributed by atoms with Crippen LogP contribution >= 0.6 is 11.3 Å². The maximum absolute atomic E-state index is 13.5. The van der Waals surface area contributed by atoms with Crippen molar-refractivity contribution in [2.24, 2.45) is 0 Å². The number of amides is 1. The van der Waals surface area contributed by atoms with Crippen molar-refractivity contribution in [1.82, 2.24) is 4.98 Å². The van der Waals surface area contributed by atoms with E-state index < -0.39 is 23.7 Å². The number of hydrogen-bond donors (Lipinski definition) is 1. The molecule has 0 spiro atoms. The molecule has 3 aromatic rings. The molecule has 0 bridgehead atoms. The van der Waals surface area contributed by atoms with Gasteiger partial charge in [-0.05, 0) is 61.6 Å². The van der Waals surface area contributed by atoms with Crippen LogP contribution in [0.2, 0.25) is 0 Å². The lowest BCUT2D eigenvalue weighted by atomic mass is 9.93. The molecule has 4 rings (SSSR count). The number of ether oxygens (including phenoxy) is 2. The van der Waals surface area contributed by atoms with E-state index in [0.717, 1.165) is 29.7 Å². The first-order valence-electron chi connectivity index (χ1n) is 13.5. The van der Waals surface area contributed by atoms with Crippen molar-refractivity contribution in [3.8, 4) is 5.75 Å². The van der Waals surface area contributed by atoms with Crippen molar-refractivity contribution in [2.45, 2.75) is 59.4 Å². The number of thiazole rings is 1. The van der Waals surface area contributed by atoms with Crippen molar-refractivity contribution < 1.29 is 29.0 Å². The van der Waals surface area contributed by atoms with Gasteiger partial charge in [-0.3, -0.25) is 14.5 Å². The number of aliphatic hydroxyl groups excluding tert-OH is 1. The first-order chi connectivity index (χ1) is 19.2. The summed E-state index contributed by atoms with van der Waals surface area (Å²) in [7, 11) is 0. The van der Waals surface area contributed by atoms with E-state index >= 15 is 0 Å². The molecule has 9 heteroatoms. The molecule has 1 fully saturated rings. The average Bonchev–Trinajstić information content (AvgIpc) is 3.45. The van der Waals surface area contributed by atoms with Crippen LogP contribution in [0.5, 0.6) is 5.75 Å². The molecule has 1 saturated heterocycles. The van der Waals surface area contributed by atoms with Gasteiger partial charge < -0.3 is 14.6 Å². The zero-order chi connectivity index (χ0) is 29.0. The Morgan fingerprint density at radius 1 is 1.07 bits per heavy atom. The SMILES string of the molecule is CCCCOc1ccc(C(O)=C2C(=O)C(=O)N(c3nc(C)c(C(=O)OCC)s3)[C@H]2c2ccc(C(C)C)cc2)cc1. The van der Waals surface area contributed by atoms with Gasteiger partial charge in [0.05, 0.1) is 30.5 Å². The van der Waals surface area contributed by atoms with Crippen LogP contribution in [0.25, 0.3) is 5.76 Å². The minimum Gasteiger partial charge on any atom is -0.507 e. The molecule has 1 atom stereocenters. The molecule has 1 aliphatic rings. The Labute approximate surface area is 238 Å². The van der Waals surface area contributed by atoms with Gasteiger partial charge in [0.2, 0.25) is 0 Å². The second-order valence-electron chi connectivity index (χ2n) is 9.85. The molecule has 1 amide bonds. The molecular formula is C31H34N2O6S. The Kier molecular flexibility index (Phi) is 9.04. The van der Waals surface area contributed by atoms with E-state index in [-0.39, 0.29) is 33.9 Å². The average molecular weight is 563 g/mol. The normalized spacial score (nSPS) is 16.6. The van der Waals surface area contributed by atoms with Crippen LogP contribution in [0.15, 0.2) is 54.1 Å². The Morgan fingerprint density at radius 3 is 2.35 bits per heavy atom. The van der Waals surface area contributed by atoms with E-state index in [4.69, 9.17) is 9.47 Å². The predicted octanol–water partition coefficient (Wildman–Crippen LogP) is 6.56. The zero-order valence-electron chi connectivity index (χ0n) is 23.4. The third-order valence-corrected chi connectivity index (χ3v) is 7.85. The monoisotopic (exact) mass is 562 g/mol. The van der Waals surface area contributed by atoms with Gasteiger partial charge in [0.15, 0.2) is 5.13 Å². The highest BCUT2D eigenvalue weighted by molar-refractivity contribution is 7.17. The first-order valence-corrected chi connectivity index (χ1v) is 14.3. The Bertz CT molecular complexity index is 1420. The molecule has 2 heterocycles. The van der Waals surface area contributed by atoms with E-state index in [2.05, 4.69) is 25.8 Å². The molecule has 0 unspecified atom stereocenters. The number of anilines is 1. The number of carbonyl (C=O) groups excluding carboxylic acids is 3. The van der Waals surface area contributed by atoms with Crippen LogP contribution in [0.1, 0.15) is 84.6 Å². The number of unbranched alkanes of at least 4 members (excludes halogenated alkanes) is 1. The van der Waals surface area contributed by atoms with Gasteiger partial charge in [0.25, 0.3) is 5.78 Å². The number of aliphatic hydroxyl groups is 1. The van der Waals surface area contributed by atoms with Crippen LogP contribution in [0.4, 0.5) is 5.13 Å². The van der Waals surface area contributed by atoms with Crippen molar-refractivity contribution in [1.29, 1.82) is 0 Å². The maximum Gasteiger partial charge on any atom is 0.350 e. The third-order valence-electron chi connectivity index (χ3n) is 6.71. The lowest BCUT2D eigenvalue weighted by Crippen LogP contribution is -2.29. The summed E-state index contributed by atoms with van der Waals surface area (Å²) in [6.45, 7) is 10.4. The summed E-state index contributed by atoms with van der Waals surface area (Å²) in [5, 5.41) is 11.6. The first kappa shape index (κ1) is 29.0. The van der Waals surface area contributed by atoms with Gasteiger partial charge >= 0.3 is 11.9 Å². The molecule has 8 nitrogen and oxygen atoms in total. The Hall–Kier alpha value is -3.98. The van der Waals surface area contributed by atoms with Gasteiger partial charge in [-0.2, -0.15) is 0 Å². The number of Topliss-reactive ketones (excluding diaryl/α,β-unsaturated/α-hetero) is 1. The number of carbonyl (C=O) groups is 3. The summed E-state index contributed by atoms with van der Waals surface area (Å²) in [4.78, 5) is 45.4. The molecular weight excluding hydrogens is 528 g/mol. The minimum absolute atomic E-state index is 0.0486. The maximum atomic E-state index is 13.5. The van der Waals surface area contributed by atoms with Crippen LogP contribution < -0.4 is 9.64 Å². The lowest BCUT2D eigenvalue weighted by molar-refractivity contribution is -0.132. The minimum atomic E-state index is -0.942. The van der Waals surface area contributed by atoms with Crippen molar-refractivity contribution in [2.75, 3.05) is 18.1 Å². The smallest absolute Gasteiger partial charge is 0.350 e. The molecule has 1 aliphatic heterocycles. The van der Waals surface area contributed by atoms with E-state index in [1.54, 1.807) is 38.1 Å². The van der Waals surface area contributed by atoms with E-state index in [9.17, 15) is 19.5 Å². The molecule has 2 aromatic carbocycles. The summed E-state index contributed by atoms with van der Waals surface area (Å²) in [6.07, 6.45) is 1.94. The van der Waals surface area contributed by atoms with Gasteiger partial charge in [0, 0.05) is 5.56 Å². The Balaban J connectivity index is 1.82. The summed E-state index contributed by atoms with van der Waals surface area (Å²) < 4.78 is 10.9. The van der Waals surface area contributed by atoms with Crippen molar-refractivity contribution in [3.63, 3.8) is 0 Å². The van der Waals surface area contributed by atoms with Gasteiger partial charge in [-0.15, -0.1) is 0 Å². The number of rotatable bonds is 10. The van der Waals surface area contributed by atoms with Crippen LogP contribution in [0.3, 0.4) is 0 Å². The second kappa shape index (κ2) is 12.5. The zero-order valence-corrected chi connectivity index (χ0v) is 24.2. The van der Waals surface area contributed by atoms with Gasteiger partial charge in [-0.1, -0.05) is 62.8 Å². The van der Waals surface area contributed by atoms with Gasteiger partial charge in [-0.25, -0.2) is 9.78 Å². The molecule has 1 aromatic heterocycles. The highest BCUT2D eigenvalue weighted by atomic mass is 32.1. The predicted molar refractivity (Wildman–Crippen MR) is 155 cm³/mol. The van der Waals surface area contributed by atoms with E-state index in [0.29, 0.717) is 29.2 Å². The fraction of sp³-hybridized carbons (Fsp3) is 0.355. The molecule has 1 N–H and O–H groups in total. The van der Waals surface area contributed by atoms with E-state index in [1.807, 2.05) is 24.3 Å². The number of hydrogen-bond acceptors (Lipinski definition) is 8. The molecule has 0 radical (unpaired) electrons. The molecule has 0 aliphatic carbocycles. The topological polar surface area (TPSA) is 106 Å². The van der Waals surface area contributed by atoms with Crippen LogP contribution in [-0.2, 0) is 14.3 Å². The standard InChI is InChI=1S/C31H34N2O6S/c1-6-8-17-39-23-15-13-22(14-16-23)26(34)24-25(21-11-9-20(10-12-21)18(3)4)33(29(36)27(24)35)31-32-19(5)28(40-31)30(37)38-7-2/h9-16,18,25,34H,6-8,17H2,1-5H3/t25-/m0/s1. The molecule has 40 heavy (non-hydrogen) atoms. The van der Waals surface area contributed by atoms with Gasteiger partial charge in [0.1, 0.15) is 16.4 Å². The van der Waals surface area contributed by atoms with Crippen LogP contribution in [-0.4, -0.2) is 41.0 Å². The summed E-state index contributed by atoms with van der Waals surface area (Å²) in [6, 6.07) is 13.4. The number of ketones is 1. The largest absolute Gasteiger partial charge is 0.507 e. The van der Waals surface area contributed by atoms with Crippen LogP contribution in [0, 0.1) is 6.92 Å². The lowest BCUT2D eigenvalue weighted by Gasteiger charge is -2.23. The molecule has 0 saturated carbocycles. The van der Waals surface area contributed by atoms with Crippen molar-refractivity contribution in [3.05, 3.63) is 81.4 Å². The summed E-state index contributed by atoms with van der Waals surface area (Å²) in [5.74, 6) is -1.56. The highest BCUT2D eigenvalue weighted by Crippen LogP contribution is 2.44. The summed E-state index contributed by atoms with van der Waals surface area (Å²) in [5.41, 5.74) is 2.46. The highest BCUT2D eigenvalue weighted by Gasteiger charge is 2.48. The van der Waals surface area contributed by atoms with Crippen molar-refractivity contribution >= 4 is 39.9 Å². The quantitative estimate of drug-likeness (QED) is 0.0981. The summed E-state index contributed by atoms with van der Waals surface area (Å²) >= 11 is 0.984.